The Bertz CT molecular complexity index is 1340. The van der Waals surface area contributed by atoms with Crippen molar-refractivity contribution in [2.75, 3.05) is 20.8 Å². The molecule has 0 bridgehead atoms. The molecule has 0 saturated heterocycles. The van der Waals surface area contributed by atoms with Crippen molar-refractivity contribution in [3.05, 3.63) is 77.0 Å². The standard InChI is InChI=1S/C27H28N4O4/c1-18-14-23(29-31(18)16-19-6-4-7-21(15-19)26(32)34-3)25-28-24(30-35-25)20-8-10-22(11-9-20)27(17-33-2)12-5-13-27/h4,6-11,14-15H,5,12-13,16-17H2,1-3H3. The minimum Gasteiger partial charge on any atom is -0.465 e. The Balaban J connectivity index is 1.33. The average Bonchev–Trinajstić information content (AvgIpc) is 3.48. The zero-order valence-corrected chi connectivity index (χ0v) is 20.2. The van der Waals surface area contributed by atoms with Crippen molar-refractivity contribution in [2.45, 2.75) is 38.1 Å². The fraction of sp³-hybridized carbons (Fsp3) is 0.333. The highest BCUT2D eigenvalue weighted by molar-refractivity contribution is 5.89. The van der Waals surface area contributed by atoms with Gasteiger partial charge in [-0.3, -0.25) is 4.68 Å². The number of hydrogen-bond donors (Lipinski definition) is 0. The van der Waals surface area contributed by atoms with Crippen LogP contribution in [-0.2, 0) is 21.4 Å². The molecule has 8 heteroatoms. The zero-order chi connectivity index (χ0) is 24.4. The lowest BCUT2D eigenvalue weighted by Gasteiger charge is -2.42. The highest BCUT2D eigenvalue weighted by Gasteiger charge is 2.38. The number of benzene rings is 2. The Labute approximate surface area is 203 Å². The van der Waals surface area contributed by atoms with Gasteiger partial charge in [0.15, 0.2) is 5.69 Å². The van der Waals surface area contributed by atoms with Crippen LogP contribution in [0.15, 0.2) is 59.1 Å². The first-order valence-corrected chi connectivity index (χ1v) is 11.7. The van der Waals surface area contributed by atoms with Crippen LogP contribution in [0.25, 0.3) is 23.0 Å². The van der Waals surface area contributed by atoms with Crippen LogP contribution in [0.3, 0.4) is 0 Å². The first kappa shape index (κ1) is 23.0. The number of aromatic nitrogens is 4. The van der Waals surface area contributed by atoms with Gasteiger partial charge >= 0.3 is 5.97 Å². The molecule has 2 aromatic heterocycles. The summed E-state index contributed by atoms with van der Waals surface area (Å²) in [6.45, 7) is 3.21. The number of nitrogens with zero attached hydrogens (tertiary/aromatic N) is 4. The molecule has 1 aliphatic rings. The van der Waals surface area contributed by atoms with Crippen molar-refractivity contribution < 1.29 is 18.8 Å². The van der Waals surface area contributed by atoms with Crippen molar-refractivity contribution >= 4 is 5.97 Å². The number of rotatable bonds is 8. The van der Waals surface area contributed by atoms with E-state index in [0.29, 0.717) is 29.5 Å². The lowest BCUT2D eigenvalue weighted by Crippen LogP contribution is -2.38. The predicted molar refractivity (Wildman–Crippen MR) is 130 cm³/mol. The molecule has 0 spiro atoms. The fourth-order valence-electron chi connectivity index (χ4n) is 4.68. The summed E-state index contributed by atoms with van der Waals surface area (Å²) in [5.41, 5.74) is 5.32. The molecular weight excluding hydrogens is 444 g/mol. The quantitative estimate of drug-likeness (QED) is 0.340. The molecule has 1 aliphatic carbocycles. The van der Waals surface area contributed by atoms with Crippen LogP contribution in [-0.4, -0.2) is 46.7 Å². The monoisotopic (exact) mass is 472 g/mol. The summed E-state index contributed by atoms with van der Waals surface area (Å²) in [4.78, 5) is 16.4. The number of esters is 1. The van der Waals surface area contributed by atoms with Crippen molar-refractivity contribution in [1.82, 2.24) is 19.9 Å². The second kappa shape index (κ2) is 9.46. The van der Waals surface area contributed by atoms with E-state index in [1.807, 2.05) is 48.0 Å². The fourth-order valence-corrected chi connectivity index (χ4v) is 4.68. The maximum absolute atomic E-state index is 11.8. The summed E-state index contributed by atoms with van der Waals surface area (Å²) in [5.74, 6) is 0.528. The van der Waals surface area contributed by atoms with Crippen LogP contribution in [0.5, 0.6) is 0 Å². The van der Waals surface area contributed by atoms with Gasteiger partial charge in [0.25, 0.3) is 5.89 Å². The summed E-state index contributed by atoms with van der Waals surface area (Å²) in [6, 6.07) is 17.6. The second-order valence-electron chi connectivity index (χ2n) is 9.09. The van der Waals surface area contributed by atoms with E-state index in [1.165, 1.54) is 19.1 Å². The first-order chi connectivity index (χ1) is 17.0. The summed E-state index contributed by atoms with van der Waals surface area (Å²) < 4.78 is 17.7. The number of methoxy groups -OCH3 is 2. The van der Waals surface area contributed by atoms with E-state index in [-0.39, 0.29) is 11.4 Å². The van der Waals surface area contributed by atoms with Crippen molar-refractivity contribution in [3.63, 3.8) is 0 Å². The molecule has 0 aliphatic heterocycles. The molecule has 0 unspecified atom stereocenters. The molecule has 0 atom stereocenters. The number of hydrogen-bond acceptors (Lipinski definition) is 7. The molecule has 1 saturated carbocycles. The van der Waals surface area contributed by atoms with Gasteiger partial charge in [0.1, 0.15) is 0 Å². The molecule has 5 rings (SSSR count). The van der Waals surface area contributed by atoms with Gasteiger partial charge in [-0.2, -0.15) is 10.1 Å². The smallest absolute Gasteiger partial charge is 0.337 e. The normalized spacial score (nSPS) is 14.5. The number of carbonyl (C=O) groups is 1. The Morgan fingerprint density at radius 3 is 2.60 bits per heavy atom. The Morgan fingerprint density at radius 2 is 1.91 bits per heavy atom. The lowest BCUT2D eigenvalue weighted by atomic mass is 9.65. The molecule has 2 aromatic carbocycles. The zero-order valence-electron chi connectivity index (χ0n) is 20.2. The number of ether oxygens (including phenoxy) is 2. The van der Waals surface area contributed by atoms with Gasteiger partial charge in [-0.05, 0) is 49.1 Å². The average molecular weight is 473 g/mol. The topological polar surface area (TPSA) is 92.3 Å². The molecular formula is C27H28N4O4. The third-order valence-electron chi connectivity index (χ3n) is 6.79. The molecule has 0 radical (unpaired) electrons. The molecule has 2 heterocycles. The van der Waals surface area contributed by atoms with Gasteiger partial charge in [-0.1, -0.05) is 48.0 Å². The molecule has 0 N–H and O–H groups in total. The first-order valence-electron chi connectivity index (χ1n) is 11.7. The molecule has 8 nitrogen and oxygen atoms in total. The van der Waals surface area contributed by atoms with E-state index in [2.05, 4.69) is 27.4 Å². The Hall–Kier alpha value is -3.78. The predicted octanol–water partition coefficient (Wildman–Crippen LogP) is 4.81. The second-order valence-corrected chi connectivity index (χ2v) is 9.09. The Kier molecular flexibility index (Phi) is 6.21. The maximum Gasteiger partial charge on any atom is 0.337 e. The summed E-state index contributed by atoms with van der Waals surface area (Å²) in [6.07, 6.45) is 3.55. The third-order valence-corrected chi connectivity index (χ3v) is 6.79. The van der Waals surface area contributed by atoms with Gasteiger partial charge in [0, 0.05) is 23.8 Å². The summed E-state index contributed by atoms with van der Waals surface area (Å²) in [5, 5.41) is 8.83. The summed E-state index contributed by atoms with van der Waals surface area (Å²) in [7, 11) is 3.13. The van der Waals surface area contributed by atoms with Crippen LogP contribution in [0.4, 0.5) is 0 Å². The van der Waals surface area contributed by atoms with Gasteiger partial charge in [0.2, 0.25) is 5.82 Å². The minimum absolute atomic E-state index is 0.135. The van der Waals surface area contributed by atoms with Gasteiger partial charge in [-0.25, -0.2) is 4.79 Å². The van der Waals surface area contributed by atoms with Gasteiger partial charge in [-0.15, -0.1) is 0 Å². The van der Waals surface area contributed by atoms with Crippen molar-refractivity contribution in [2.24, 2.45) is 0 Å². The van der Waals surface area contributed by atoms with Gasteiger partial charge < -0.3 is 14.0 Å². The van der Waals surface area contributed by atoms with E-state index < -0.39 is 0 Å². The molecule has 35 heavy (non-hydrogen) atoms. The summed E-state index contributed by atoms with van der Waals surface area (Å²) >= 11 is 0. The highest BCUT2D eigenvalue weighted by atomic mass is 16.5. The maximum atomic E-state index is 11.8. The van der Waals surface area contributed by atoms with E-state index >= 15 is 0 Å². The molecule has 0 amide bonds. The molecule has 4 aromatic rings. The molecule has 1 fully saturated rings. The van der Waals surface area contributed by atoms with Crippen LogP contribution in [0, 0.1) is 6.92 Å². The Morgan fingerprint density at radius 1 is 1.11 bits per heavy atom. The van der Waals surface area contributed by atoms with E-state index in [4.69, 9.17) is 14.0 Å². The minimum atomic E-state index is -0.363. The molecule has 180 valence electrons. The van der Waals surface area contributed by atoms with Crippen molar-refractivity contribution in [1.29, 1.82) is 0 Å². The van der Waals surface area contributed by atoms with E-state index in [9.17, 15) is 4.79 Å². The lowest BCUT2D eigenvalue weighted by molar-refractivity contribution is 0.0600. The van der Waals surface area contributed by atoms with E-state index in [1.54, 1.807) is 13.2 Å². The van der Waals surface area contributed by atoms with E-state index in [0.717, 1.165) is 36.3 Å². The highest BCUT2D eigenvalue weighted by Crippen LogP contribution is 2.44. The van der Waals surface area contributed by atoms with Gasteiger partial charge in [0.05, 0.1) is 25.8 Å². The number of aryl methyl sites for hydroxylation is 1. The van der Waals surface area contributed by atoms with Crippen LogP contribution in [0.1, 0.15) is 46.4 Å². The number of carbonyl (C=O) groups excluding carboxylic acids is 1. The van der Waals surface area contributed by atoms with Crippen LogP contribution < -0.4 is 0 Å². The largest absolute Gasteiger partial charge is 0.465 e. The van der Waals surface area contributed by atoms with Crippen LogP contribution in [0.2, 0.25) is 0 Å². The SMILES string of the molecule is COCC1(c2ccc(-c3noc(-c4cc(C)n(Cc5cccc(C(=O)OC)c5)n4)n3)cc2)CCC1. The van der Waals surface area contributed by atoms with Crippen LogP contribution >= 0.6 is 0 Å². The third kappa shape index (κ3) is 4.49. The van der Waals surface area contributed by atoms with Crippen molar-refractivity contribution in [3.8, 4) is 23.0 Å².